The number of aryl methyl sites for hydroxylation is 2. The third-order valence-corrected chi connectivity index (χ3v) is 2.40. The maximum atomic E-state index is 5.40. The molecule has 2 N–H and O–H groups in total. The average Bonchev–Trinajstić information content (AvgIpc) is 2.80. The van der Waals surface area contributed by atoms with Crippen LogP contribution in [0.5, 0.6) is 0 Å². The summed E-state index contributed by atoms with van der Waals surface area (Å²) in [5, 5.41) is 3.75. The molecule has 0 atom stereocenters. The van der Waals surface area contributed by atoms with Gasteiger partial charge in [0.1, 0.15) is 6.54 Å². The van der Waals surface area contributed by atoms with Crippen LogP contribution in [-0.4, -0.2) is 14.7 Å². The van der Waals surface area contributed by atoms with Crippen molar-refractivity contribution >= 4 is 0 Å². The largest absolute Gasteiger partial charge is 0.340 e. The van der Waals surface area contributed by atoms with Crippen molar-refractivity contribution in [1.82, 2.24) is 14.7 Å². The molecule has 0 aliphatic carbocycles. The Balaban J connectivity index is 2.21. The van der Waals surface area contributed by atoms with Crippen LogP contribution in [0.2, 0.25) is 0 Å². The smallest absolute Gasteiger partial charge is 0.246 e. The van der Waals surface area contributed by atoms with E-state index in [4.69, 9.17) is 10.3 Å². The van der Waals surface area contributed by atoms with Gasteiger partial charge < -0.3 is 14.8 Å². The number of rotatable bonds is 3. The normalized spacial score (nSPS) is 10.9. The van der Waals surface area contributed by atoms with Crippen molar-refractivity contribution in [2.24, 2.45) is 5.73 Å². The molecule has 2 heterocycles. The fraction of sp³-hybridized carbons (Fsp3) is 0.400. The number of nitrogens with two attached hydrogens (primary N) is 1. The van der Waals surface area contributed by atoms with Crippen molar-refractivity contribution in [2.75, 3.05) is 0 Å². The van der Waals surface area contributed by atoms with Crippen molar-refractivity contribution < 1.29 is 4.52 Å². The van der Waals surface area contributed by atoms with Crippen LogP contribution in [0.25, 0.3) is 0 Å². The highest BCUT2D eigenvalue weighted by Crippen LogP contribution is 2.09. The fourth-order valence-corrected chi connectivity index (χ4v) is 1.52. The molecule has 15 heavy (non-hydrogen) atoms. The summed E-state index contributed by atoms with van der Waals surface area (Å²) in [4.78, 5) is 4.16. The van der Waals surface area contributed by atoms with Gasteiger partial charge in [0, 0.05) is 11.4 Å². The second-order valence-corrected chi connectivity index (χ2v) is 3.51. The minimum atomic E-state index is 0.313. The Kier molecular flexibility index (Phi) is 2.55. The van der Waals surface area contributed by atoms with E-state index in [0.717, 1.165) is 0 Å². The summed E-state index contributed by atoms with van der Waals surface area (Å²) in [5.41, 5.74) is 7.77. The van der Waals surface area contributed by atoms with E-state index in [1.807, 2.05) is 13.8 Å². The van der Waals surface area contributed by atoms with Gasteiger partial charge in [-0.05, 0) is 26.0 Å². The molecule has 0 saturated heterocycles. The molecule has 0 saturated carbocycles. The summed E-state index contributed by atoms with van der Waals surface area (Å²) in [6.45, 7) is 5.02. The highest BCUT2D eigenvalue weighted by atomic mass is 16.5. The van der Waals surface area contributed by atoms with Crippen molar-refractivity contribution in [1.29, 1.82) is 0 Å². The highest BCUT2D eigenvalue weighted by molar-refractivity contribution is 5.14. The molecule has 5 nitrogen and oxygen atoms in total. The monoisotopic (exact) mass is 206 g/mol. The molecule has 0 unspecified atom stereocenters. The Hall–Kier alpha value is -1.62. The summed E-state index contributed by atoms with van der Waals surface area (Å²) >= 11 is 0. The second kappa shape index (κ2) is 3.86. The van der Waals surface area contributed by atoms with Crippen molar-refractivity contribution in [2.45, 2.75) is 26.9 Å². The first-order valence-electron chi connectivity index (χ1n) is 4.85. The van der Waals surface area contributed by atoms with Crippen LogP contribution in [0.3, 0.4) is 0 Å². The van der Waals surface area contributed by atoms with Gasteiger partial charge in [-0.1, -0.05) is 5.16 Å². The Morgan fingerprint density at radius 2 is 2.00 bits per heavy atom. The highest BCUT2D eigenvalue weighted by Gasteiger charge is 2.08. The lowest BCUT2D eigenvalue weighted by Crippen LogP contribution is -2.04. The molecule has 0 amide bonds. The molecule has 0 aliphatic rings. The van der Waals surface area contributed by atoms with Gasteiger partial charge >= 0.3 is 0 Å². The third-order valence-electron chi connectivity index (χ3n) is 2.40. The number of hydrogen-bond acceptors (Lipinski definition) is 4. The summed E-state index contributed by atoms with van der Waals surface area (Å²) in [7, 11) is 0. The SMILES string of the molecule is Cc1ccc(C)n1Cc1nc(CN)no1. The van der Waals surface area contributed by atoms with Crippen LogP contribution in [0, 0.1) is 13.8 Å². The van der Waals surface area contributed by atoms with E-state index in [-0.39, 0.29) is 0 Å². The first kappa shape index (κ1) is 9.92. The van der Waals surface area contributed by atoms with Gasteiger partial charge in [-0.2, -0.15) is 4.98 Å². The summed E-state index contributed by atoms with van der Waals surface area (Å²) < 4.78 is 7.20. The molecule has 2 aromatic rings. The molecular weight excluding hydrogens is 192 g/mol. The predicted octanol–water partition coefficient (Wildman–Crippen LogP) is 0.995. The molecule has 5 heteroatoms. The lowest BCUT2D eigenvalue weighted by molar-refractivity contribution is 0.365. The van der Waals surface area contributed by atoms with Crippen molar-refractivity contribution in [3.05, 3.63) is 35.2 Å². The van der Waals surface area contributed by atoms with Crippen LogP contribution in [0.1, 0.15) is 23.1 Å². The van der Waals surface area contributed by atoms with Crippen LogP contribution in [0.15, 0.2) is 16.7 Å². The lowest BCUT2D eigenvalue weighted by Gasteiger charge is -2.04. The van der Waals surface area contributed by atoms with Gasteiger partial charge in [-0.3, -0.25) is 0 Å². The van der Waals surface area contributed by atoms with E-state index in [1.165, 1.54) is 11.4 Å². The summed E-state index contributed by atoms with van der Waals surface area (Å²) in [6.07, 6.45) is 0. The van der Waals surface area contributed by atoms with Gasteiger partial charge in [0.15, 0.2) is 5.82 Å². The zero-order valence-corrected chi connectivity index (χ0v) is 8.90. The first-order chi connectivity index (χ1) is 7.20. The van der Waals surface area contributed by atoms with Crippen molar-refractivity contribution in [3.8, 4) is 0 Å². The number of nitrogens with zero attached hydrogens (tertiary/aromatic N) is 3. The zero-order chi connectivity index (χ0) is 10.8. The average molecular weight is 206 g/mol. The third kappa shape index (κ3) is 1.92. The predicted molar refractivity (Wildman–Crippen MR) is 55.2 cm³/mol. The Morgan fingerprint density at radius 1 is 1.33 bits per heavy atom. The van der Waals surface area contributed by atoms with Gasteiger partial charge in [-0.25, -0.2) is 0 Å². The second-order valence-electron chi connectivity index (χ2n) is 3.51. The van der Waals surface area contributed by atoms with E-state index in [1.54, 1.807) is 0 Å². The number of aromatic nitrogens is 3. The number of hydrogen-bond donors (Lipinski definition) is 1. The van der Waals surface area contributed by atoms with Crippen LogP contribution < -0.4 is 5.73 Å². The van der Waals surface area contributed by atoms with E-state index in [0.29, 0.717) is 24.8 Å². The van der Waals surface area contributed by atoms with Crippen LogP contribution >= 0.6 is 0 Å². The molecule has 0 aliphatic heterocycles. The van der Waals surface area contributed by atoms with Gasteiger partial charge in [0.25, 0.3) is 0 Å². The van der Waals surface area contributed by atoms with Gasteiger partial charge in [0.05, 0.1) is 6.54 Å². The molecule has 0 radical (unpaired) electrons. The first-order valence-corrected chi connectivity index (χ1v) is 4.85. The standard InChI is InChI=1S/C10H14N4O/c1-7-3-4-8(2)14(7)6-10-12-9(5-11)13-15-10/h3-4H,5-6,11H2,1-2H3. The quantitative estimate of drug-likeness (QED) is 0.813. The molecular formula is C10H14N4O. The Labute approximate surface area is 87.9 Å². The fourth-order valence-electron chi connectivity index (χ4n) is 1.52. The lowest BCUT2D eigenvalue weighted by atomic mass is 10.5. The van der Waals surface area contributed by atoms with Crippen LogP contribution in [0.4, 0.5) is 0 Å². The minimum absolute atomic E-state index is 0.313. The van der Waals surface area contributed by atoms with E-state index in [9.17, 15) is 0 Å². The van der Waals surface area contributed by atoms with Gasteiger partial charge in [0.2, 0.25) is 5.89 Å². The molecule has 2 rings (SSSR count). The summed E-state index contributed by atoms with van der Waals surface area (Å²) in [6, 6.07) is 4.13. The van der Waals surface area contributed by atoms with E-state index >= 15 is 0 Å². The molecule has 2 aromatic heterocycles. The summed E-state index contributed by atoms with van der Waals surface area (Å²) in [5.74, 6) is 1.14. The molecule has 0 aromatic carbocycles. The van der Waals surface area contributed by atoms with E-state index in [2.05, 4.69) is 26.8 Å². The maximum Gasteiger partial charge on any atom is 0.246 e. The molecule has 0 fully saturated rings. The van der Waals surface area contributed by atoms with Gasteiger partial charge in [-0.15, -0.1) is 0 Å². The molecule has 0 spiro atoms. The molecule has 80 valence electrons. The maximum absolute atomic E-state index is 5.40. The minimum Gasteiger partial charge on any atom is -0.340 e. The topological polar surface area (TPSA) is 69.9 Å². The zero-order valence-electron chi connectivity index (χ0n) is 8.90. The Bertz CT molecular complexity index is 438. The molecule has 0 bridgehead atoms. The van der Waals surface area contributed by atoms with E-state index < -0.39 is 0 Å². The van der Waals surface area contributed by atoms with Crippen LogP contribution in [-0.2, 0) is 13.1 Å². The Morgan fingerprint density at radius 3 is 2.53 bits per heavy atom. The van der Waals surface area contributed by atoms with Crippen molar-refractivity contribution in [3.63, 3.8) is 0 Å².